The van der Waals surface area contributed by atoms with Gasteiger partial charge in [-0.3, -0.25) is 4.79 Å². The van der Waals surface area contributed by atoms with Crippen LogP contribution in [0.5, 0.6) is 0 Å². The molecule has 0 amide bonds. The van der Waals surface area contributed by atoms with Crippen LogP contribution in [-0.4, -0.2) is 17.6 Å². The Hall–Kier alpha value is -1.84. The van der Waals surface area contributed by atoms with Crippen LogP contribution in [0.2, 0.25) is 0 Å². The van der Waals surface area contributed by atoms with Gasteiger partial charge in [0, 0.05) is 6.42 Å². The molecule has 0 aliphatic heterocycles. The van der Waals surface area contributed by atoms with Crippen LogP contribution in [0, 0.1) is 0 Å². The van der Waals surface area contributed by atoms with Gasteiger partial charge in [0.1, 0.15) is 5.52 Å². The number of esters is 1. The fourth-order valence-electron chi connectivity index (χ4n) is 1.94. The maximum absolute atomic E-state index is 11.4. The molecule has 1 heterocycles. The lowest BCUT2D eigenvalue weighted by molar-refractivity contribution is -0.142. The molecule has 4 heteroatoms. The molecular weight excluding hydrogens is 242 g/mol. The second kappa shape index (κ2) is 6.36. The number of hydrogen-bond acceptors (Lipinski definition) is 4. The Bertz CT molecular complexity index is 560. The number of oxazole rings is 1. The highest BCUT2D eigenvalue weighted by molar-refractivity contribution is 5.77. The lowest BCUT2D eigenvalue weighted by atomic mass is 10.1. The Labute approximate surface area is 112 Å². The van der Waals surface area contributed by atoms with Gasteiger partial charge in [0.15, 0.2) is 11.5 Å². The molecule has 0 unspecified atom stereocenters. The molecule has 2 aromatic rings. The SMILES string of the molecule is CCCCc1nc2ccc(CC(=O)OCC)cc2o1. The van der Waals surface area contributed by atoms with Crippen molar-refractivity contribution < 1.29 is 13.9 Å². The maximum Gasteiger partial charge on any atom is 0.310 e. The first-order chi connectivity index (χ1) is 9.22. The smallest absolute Gasteiger partial charge is 0.310 e. The molecule has 0 bridgehead atoms. The van der Waals surface area contributed by atoms with Crippen LogP contribution in [0.1, 0.15) is 38.1 Å². The number of ether oxygens (including phenoxy) is 1. The number of hydrogen-bond donors (Lipinski definition) is 0. The van der Waals surface area contributed by atoms with Gasteiger partial charge < -0.3 is 9.15 Å². The van der Waals surface area contributed by atoms with E-state index in [2.05, 4.69) is 11.9 Å². The molecule has 0 saturated heterocycles. The number of unbranched alkanes of at least 4 members (excludes halogenated alkanes) is 1. The summed E-state index contributed by atoms with van der Waals surface area (Å²) in [6.07, 6.45) is 3.32. The fraction of sp³-hybridized carbons (Fsp3) is 0.467. The molecule has 1 aromatic heterocycles. The van der Waals surface area contributed by atoms with Crippen LogP contribution in [0.15, 0.2) is 22.6 Å². The fourth-order valence-corrected chi connectivity index (χ4v) is 1.94. The number of carbonyl (C=O) groups is 1. The molecule has 2 rings (SSSR count). The summed E-state index contributed by atoms with van der Waals surface area (Å²) in [6, 6.07) is 5.66. The van der Waals surface area contributed by atoms with E-state index in [1.165, 1.54) is 0 Å². The van der Waals surface area contributed by atoms with Crippen LogP contribution in [0.3, 0.4) is 0 Å². The average Bonchev–Trinajstić information content (AvgIpc) is 2.78. The first-order valence-corrected chi connectivity index (χ1v) is 6.77. The van der Waals surface area contributed by atoms with E-state index in [9.17, 15) is 4.79 Å². The van der Waals surface area contributed by atoms with Crippen molar-refractivity contribution in [2.75, 3.05) is 6.61 Å². The van der Waals surface area contributed by atoms with E-state index in [1.54, 1.807) is 6.92 Å². The van der Waals surface area contributed by atoms with E-state index >= 15 is 0 Å². The monoisotopic (exact) mass is 261 g/mol. The minimum atomic E-state index is -0.215. The number of benzene rings is 1. The molecule has 0 N–H and O–H groups in total. The summed E-state index contributed by atoms with van der Waals surface area (Å²) in [4.78, 5) is 15.9. The van der Waals surface area contributed by atoms with E-state index in [0.717, 1.165) is 41.8 Å². The van der Waals surface area contributed by atoms with Crippen LogP contribution >= 0.6 is 0 Å². The van der Waals surface area contributed by atoms with Crippen molar-refractivity contribution in [1.29, 1.82) is 0 Å². The van der Waals surface area contributed by atoms with Crippen LogP contribution in [0.4, 0.5) is 0 Å². The van der Waals surface area contributed by atoms with Crippen molar-refractivity contribution in [3.63, 3.8) is 0 Å². The molecule has 0 aliphatic carbocycles. The highest BCUT2D eigenvalue weighted by atomic mass is 16.5. The third kappa shape index (κ3) is 3.56. The van der Waals surface area contributed by atoms with Gasteiger partial charge in [-0.2, -0.15) is 0 Å². The van der Waals surface area contributed by atoms with Crippen LogP contribution in [-0.2, 0) is 22.4 Å². The molecule has 0 fully saturated rings. The molecule has 0 saturated carbocycles. The lowest BCUT2D eigenvalue weighted by Gasteiger charge is -2.01. The first kappa shape index (κ1) is 13.6. The summed E-state index contributed by atoms with van der Waals surface area (Å²) in [5.74, 6) is 0.553. The van der Waals surface area contributed by atoms with Gasteiger partial charge in [0.2, 0.25) is 0 Å². The van der Waals surface area contributed by atoms with E-state index < -0.39 is 0 Å². The zero-order valence-electron chi connectivity index (χ0n) is 11.4. The van der Waals surface area contributed by atoms with Gasteiger partial charge in [-0.25, -0.2) is 4.98 Å². The Morgan fingerprint density at radius 1 is 1.37 bits per heavy atom. The lowest BCUT2D eigenvalue weighted by Crippen LogP contribution is -2.07. The Morgan fingerprint density at radius 2 is 2.21 bits per heavy atom. The minimum Gasteiger partial charge on any atom is -0.466 e. The van der Waals surface area contributed by atoms with E-state index in [4.69, 9.17) is 9.15 Å². The van der Waals surface area contributed by atoms with Crippen molar-refractivity contribution in [1.82, 2.24) is 4.98 Å². The van der Waals surface area contributed by atoms with E-state index in [-0.39, 0.29) is 12.4 Å². The van der Waals surface area contributed by atoms with Crippen molar-refractivity contribution in [2.24, 2.45) is 0 Å². The summed E-state index contributed by atoms with van der Waals surface area (Å²) < 4.78 is 10.6. The molecule has 0 radical (unpaired) electrons. The second-order valence-electron chi connectivity index (χ2n) is 4.50. The zero-order chi connectivity index (χ0) is 13.7. The summed E-state index contributed by atoms with van der Waals surface area (Å²) in [6.45, 7) is 4.35. The molecule has 0 atom stereocenters. The maximum atomic E-state index is 11.4. The number of aryl methyl sites for hydroxylation is 1. The number of nitrogens with zero attached hydrogens (tertiary/aromatic N) is 1. The summed E-state index contributed by atoms with van der Waals surface area (Å²) in [5.41, 5.74) is 2.48. The van der Waals surface area contributed by atoms with Gasteiger partial charge >= 0.3 is 5.97 Å². The summed E-state index contributed by atoms with van der Waals surface area (Å²) in [5, 5.41) is 0. The number of aromatic nitrogens is 1. The standard InChI is InChI=1S/C15H19NO3/c1-3-5-6-14-16-12-8-7-11(9-13(12)19-14)10-15(17)18-4-2/h7-9H,3-6,10H2,1-2H3. The number of fused-ring (bicyclic) bond motifs is 1. The molecule has 102 valence electrons. The zero-order valence-corrected chi connectivity index (χ0v) is 11.4. The number of carbonyl (C=O) groups excluding carboxylic acids is 1. The van der Waals surface area contributed by atoms with Crippen LogP contribution in [0.25, 0.3) is 11.1 Å². The molecule has 0 aliphatic rings. The van der Waals surface area contributed by atoms with Gasteiger partial charge in [-0.1, -0.05) is 19.4 Å². The molecule has 19 heavy (non-hydrogen) atoms. The van der Waals surface area contributed by atoms with E-state index in [0.29, 0.717) is 6.61 Å². The van der Waals surface area contributed by atoms with E-state index in [1.807, 2.05) is 18.2 Å². The predicted molar refractivity (Wildman–Crippen MR) is 73.0 cm³/mol. The van der Waals surface area contributed by atoms with Gasteiger partial charge in [0.05, 0.1) is 13.0 Å². The number of rotatable bonds is 6. The molecule has 0 spiro atoms. The Kier molecular flexibility index (Phi) is 4.55. The Morgan fingerprint density at radius 3 is 2.95 bits per heavy atom. The summed E-state index contributed by atoms with van der Waals surface area (Å²) in [7, 11) is 0. The first-order valence-electron chi connectivity index (χ1n) is 6.77. The van der Waals surface area contributed by atoms with Crippen molar-refractivity contribution in [3.05, 3.63) is 29.7 Å². The molecule has 4 nitrogen and oxygen atoms in total. The predicted octanol–water partition coefficient (Wildman–Crippen LogP) is 3.28. The summed E-state index contributed by atoms with van der Waals surface area (Å²) >= 11 is 0. The van der Waals surface area contributed by atoms with Gasteiger partial charge in [0.25, 0.3) is 0 Å². The topological polar surface area (TPSA) is 52.3 Å². The van der Waals surface area contributed by atoms with Crippen molar-refractivity contribution in [3.8, 4) is 0 Å². The van der Waals surface area contributed by atoms with Crippen LogP contribution < -0.4 is 0 Å². The normalized spacial score (nSPS) is 10.8. The minimum absolute atomic E-state index is 0.215. The molecule has 1 aromatic carbocycles. The average molecular weight is 261 g/mol. The molecular formula is C15H19NO3. The quantitative estimate of drug-likeness (QED) is 0.749. The van der Waals surface area contributed by atoms with Crippen molar-refractivity contribution in [2.45, 2.75) is 39.5 Å². The largest absolute Gasteiger partial charge is 0.466 e. The highest BCUT2D eigenvalue weighted by Gasteiger charge is 2.09. The Balaban J connectivity index is 2.13. The third-order valence-corrected chi connectivity index (χ3v) is 2.90. The third-order valence-electron chi connectivity index (χ3n) is 2.90. The second-order valence-corrected chi connectivity index (χ2v) is 4.50. The highest BCUT2D eigenvalue weighted by Crippen LogP contribution is 2.19. The van der Waals surface area contributed by atoms with Gasteiger partial charge in [-0.15, -0.1) is 0 Å². The van der Waals surface area contributed by atoms with Gasteiger partial charge in [-0.05, 0) is 31.0 Å². The van der Waals surface area contributed by atoms with Crippen molar-refractivity contribution >= 4 is 17.1 Å².